The van der Waals surface area contributed by atoms with Crippen molar-refractivity contribution in [3.63, 3.8) is 0 Å². The van der Waals surface area contributed by atoms with E-state index in [9.17, 15) is 4.79 Å². The van der Waals surface area contributed by atoms with Crippen molar-refractivity contribution in [1.29, 1.82) is 0 Å². The molecule has 0 bridgehead atoms. The molecule has 1 amide bonds. The predicted molar refractivity (Wildman–Crippen MR) is 104 cm³/mol. The van der Waals surface area contributed by atoms with Crippen LogP contribution in [0.15, 0.2) is 18.6 Å². The number of nitrogens with one attached hydrogen (secondary N) is 1. The Bertz CT molecular complexity index is 841. The minimum Gasteiger partial charge on any atom is -0.376 e. The molecule has 4 heterocycles. The number of hydrogen-bond acceptors (Lipinski definition) is 8. The molecule has 0 spiro atoms. The van der Waals surface area contributed by atoms with E-state index in [0.717, 1.165) is 43.0 Å². The maximum absolute atomic E-state index is 12.6. The maximum atomic E-state index is 12.6. The first kappa shape index (κ1) is 18.5. The first-order valence-electron chi connectivity index (χ1n) is 9.58. The average molecular weight is 383 g/mol. The Morgan fingerprint density at radius 2 is 2.07 bits per heavy atom. The van der Waals surface area contributed by atoms with Gasteiger partial charge >= 0.3 is 0 Å². The molecule has 2 aromatic heterocycles. The van der Waals surface area contributed by atoms with Gasteiger partial charge in [0.25, 0.3) is 5.91 Å². The van der Waals surface area contributed by atoms with Gasteiger partial charge in [0.15, 0.2) is 0 Å². The number of rotatable bonds is 4. The Hall–Kier alpha value is -2.81. The van der Waals surface area contributed by atoms with Crippen molar-refractivity contribution in [3.05, 3.63) is 35.4 Å². The van der Waals surface area contributed by atoms with Gasteiger partial charge in [0.2, 0.25) is 11.9 Å². The molecule has 1 atom stereocenters. The molecule has 9 heteroatoms. The quantitative estimate of drug-likeness (QED) is 0.828. The van der Waals surface area contributed by atoms with E-state index in [2.05, 4.69) is 25.2 Å². The van der Waals surface area contributed by atoms with E-state index >= 15 is 0 Å². The molecule has 0 aromatic carbocycles. The maximum Gasteiger partial charge on any atom is 0.254 e. The number of hydrogen-bond donors (Lipinski definition) is 1. The molecule has 0 unspecified atom stereocenters. The SMILES string of the molecule is CN(C)c1ncc(C(=O)N[C@H]2CCCN(c3ncc4c(n3)CCOC4)C2)cn1. The highest BCUT2D eigenvalue weighted by atomic mass is 16.5. The fourth-order valence-electron chi connectivity index (χ4n) is 3.49. The van der Waals surface area contributed by atoms with E-state index in [1.54, 1.807) is 17.3 Å². The largest absolute Gasteiger partial charge is 0.376 e. The van der Waals surface area contributed by atoms with Crippen LogP contribution in [0.5, 0.6) is 0 Å². The summed E-state index contributed by atoms with van der Waals surface area (Å²) >= 11 is 0. The number of carbonyl (C=O) groups is 1. The van der Waals surface area contributed by atoms with Crippen LogP contribution in [0.1, 0.15) is 34.5 Å². The van der Waals surface area contributed by atoms with Crippen LogP contribution >= 0.6 is 0 Å². The van der Waals surface area contributed by atoms with E-state index in [1.807, 2.05) is 20.3 Å². The summed E-state index contributed by atoms with van der Waals surface area (Å²) in [6.07, 6.45) is 7.71. The molecule has 2 aromatic rings. The Morgan fingerprint density at radius 1 is 1.25 bits per heavy atom. The summed E-state index contributed by atoms with van der Waals surface area (Å²) in [5.41, 5.74) is 2.60. The van der Waals surface area contributed by atoms with Gasteiger partial charge in [0, 0.05) is 63.8 Å². The summed E-state index contributed by atoms with van der Waals surface area (Å²) in [6.45, 7) is 2.87. The summed E-state index contributed by atoms with van der Waals surface area (Å²) in [5, 5.41) is 3.10. The standard InChI is InChI=1S/C19H25N7O2/c1-25(2)18-20-8-13(9-21-18)17(27)23-15-4-3-6-26(11-15)19-22-10-14-12-28-7-5-16(14)24-19/h8-10,15H,3-7,11-12H2,1-2H3,(H,23,27)/t15-/m0/s1. The lowest BCUT2D eigenvalue weighted by Crippen LogP contribution is -2.48. The highest BCUT2D eigenvalue weighted by Crippen LogP contribution is 2.20. The zero-order valence-electron chi connectivity index (χ0n) is 16.3. The Morgan fingerprint density at radius 3 is 2.86 bits per heavy atom. The predicted octanol–water partition coefficient (Wildman–Crippen LogP) is 0.804. The summed E-state index contributed by atoms with van der Waals surface area (Å²) in [5.74, 6) is 1.16. The van der Waals surface area contributed by atoms with Crippen molar-refractivity contribution in [1.82, 2.24) is 25.3 Å². The first-order valence-corrected chi connectivity index (χ1v) is 9.58. The molecule has 148 valence electrons. The second kappa shape index (κ2) is 8.05. The zero-order valence-corrected chi connectivity index (χ0v) is 16.3. The first-order chi connectivity index (χ1) is 13.6. The number of ether oxygens (including phenoxy) is 1. The Kier molecular flexibility index (Phi) is 5.34. The molecule has 2 aliphatic rings. The highest BCUT2D eigenvalue weighted by Gasteiger charge is 2.25. The topological polar surface area (TPSA) is 96.4 Å². The van der Waals surface area contributed by atoms with E-state index in [-0.39, 0.29) is 11.9 Å². The number of piperidine rings is 1. The molecule has 1 N–H and O–H groups in total. The summed E-state index contributed by atoms with van der Waals surface area (Å²) in [4.78, 5) is 34.2. The lowest BCUT2D eigenvalue weighted by molar-refractivity contribution is 0.0932. The van der Waals surface area contributed by atoms with E-state index in [4.69, 9.17) is 9.72 Å². The second-order valence-electron chi connectivity index (χ2n) is 7.37. The Labute approximate surface area is 164 Å². The van der Waals surface area contributed by atoms with Gasteiger partial charge in [0.1, 0.15) is 0 Å². The number of aromatic nitrogens is 4. The van der Waals surface area contributed by atoms with Crippen LogP contribution in [-0.4, -0.2) is 65.7 Å². The molecule has 1 fully saturated rings. The molecular formula is C19H25N7O2. The minimum absolute atomic E-state index is 0.0396. The molecule has 0 saturated carbocycles. The van der Waals surface area contributed by atoms with Crippen LogP contribution in [0.3, 0.4) is 0 Å². The van der Waals surface area contributed by atoms with Crippen LogP contribution in [0.4, 0.5) is 11.9 Å². The van der Waals surface area contributed by atoms with Gasteiger partial charge < -0.3 is 19.9 Å². The van der Waals surface area contributed by atoms with Crippen molar-refractivity contribution in [3.8, 4) is 0 Å². The van der Waals surface area contributed by atoms with Gasteiger partial charge in [-0.15, -0.1) is 0 Å². The third-order valence-corrected chi connectivity index (χ3v) is 5.02. The van der Waals surface area contributed by atoms with Gasteiger partial charge in [-0.1, -0.05) is 0 Å². The molecule has 9 nitrogen and oxygen atoms in total. The van der Waals surface area contributed by atoms with Crippen molar-refractivity contribution in [2.24, 2.45) is 0 Å². The van der Waals surface area contributed by atoms with Crippen molar-refractivity contribution >= 4 is 17.8 Å². The number of carbonyl (C=O) groups excluding carboxylic acids is 1. The molecule has 28 heavy (non-hydrogen) atoms. The monoisotopic (exact) mass is 383 g/mol. The van der Waals surface area contributed by atoms with Crippen LogP contribution in [0.25, 0.3) is 0 Å². The van der Waals surface area contributed by atoms with Crippen LogP contribution in [0, 0.1) is 0 Å². The van der Waals surface area contributed by atoms with Crippen LogP contribution < -0.4 is 15.1 Å². The minimum atomic E-state index is -0.152. The van der Waals surface area contributed by atoms with Gasteiger partial charge in [-0.05, 0) is 12.8 Å². The lowest BCUT2D eigenvalue weighted by Gasteiger charge is -2.33. The van der Waals surface area contributed by atoms with Crippen molar-refractivity contribution in [2.45, 2.75) is 31.9 Å². The zero-order chi connectivity index (χ0) is 19.5. The van der Waals surface area contributed by atoms with Crippen LogP contribution in [-0.2, 0) is 17.8 Å². The fraction of sp³-hybridized carbons (Fsp3) is 0.526. The third-order valence-electron chi connectivity index (χ3n) is 5.02. The summed E-state index contributed by atoms with van der Waals surface area (Å²) < 4.78 is 5.45. The number of anilines is 2. The molecule has 0 aliphatic carbocycles. The molecule has 4 rings (SSSR count). The average Bonchev–Trinajstić information content (AvgIpc) is 2.73. The van der Waals surface area contributed by atoms with Gasteiger partial charge in [-0.25, -0.2) is 19.9 Å². The molecule has 1 saturated heterocycles. The lowest BCUT2D eigenvalue weighted by atomic mass is 10.1. The van der Waals surface area contributed by atoms with E-state index in [1.165, 1.54) is 0 Å². The smallest absolute Gasteiger partial charge is 0.254 e. The van der Waals surface area contributed by atoms with Gasteiger partial charge in [-0.2, -0.15) is 0 Å². The number of fused-ring (bicyclic) bond motifs is 1. The second-order valence-corrected chi connectivity index (χ2v) is 7.37. The van der Waals surface area contributed by atoms with Crippen molar-refractivity contribution < 1.29 is 9.53 Å². The third kappa shape index (κ3) is 4.04. The van der Waals surface area contributed by atoms with Gasteiger partial charge in [-0.3, -0.25) is 4.79 Å². The number of nitrogens with zero attached hydrogens (tertiary/aromatic N) is 6. The van der Waals surface area contributed by atoms with Crippen molar-refractivity contribution in [2.75, 3.05) is 43.6 Å². The van der Waals surface area contributed by atoms with Crippen LogP contribution in [0.2, 0.25) is 0 Å². The van der Waals surface area contributed by atoms with Gasteiger partial charge in [0.05, 0.1) is 24.5 Å². The normalized spacial score (nSPS) is 19.1. The fourth-order valence-corrected chi connectivity index (χ4v) is 3.49. The highest BCUT2D eigenvalue weighted by molar-refractivity contribution is 5.93. The summed E-state index contributed by atoms with van der Waals surface area (Å²) in [7, 11) is 3.73. The summed E-state index contributed by atoms with van der Waals surface area (Å²) in [6, 6.07) is 0.0396. The van der Waals surface area contributed by atoms with E-state index < -0.39 is 0 Å². The number of amides is 1. The molecule has 2 aliphatic heterocycles. The molecule has 0 radical (unpaired) electrons. The Balaban J connectivity index is 1.40. The molecular weight excluding hydrogens is 358 g/mol. The van der Waals surface area contributed by atoms with E-state index in [0.29, 0.717) is 31.3 Å².